The van der Waals surface area contributed by atoms with Crippen molar-refractivity contribution in [3.8, 4) is 0 Å². The van der Waals surface area contributed by atoms with E-state index in [9.17, 15) is 18.3 Å². The predicted octanol–water partition coefficient (Wildman–Crippen LogP) is 4.51. The molecule has 2 atom stereocenters. The van der Waals surface area contributed by atoms with Gasteiger partial charge in [-0.3, -0.25) is 9.88 Å². The molecule has 3 nitrogen and oxygen atoms in total. The fraction of sp³-hybridized carbons (Fsp3) is 0.476. The van der Waals surface area contributed by atoms with E-state index in [0.29, 0.717) is 12.8 Å². The van der Waals surface area contributed by atoms with Gasteiger partial charge in [0.15, 0.2) is 0 Å². The quantitative estimate of drug-likeness (QED) is 0.857. The van der Waals surface area contributed by atoms with Crippen LogP contribution in [-0.2, 0) is 18.3 Å². The molecule has 1 aromatic carbocycles. The molecule has 0 saturated carbocycles. The summed E-state index contributed by atoms with van der Waals surface area (Å²) in [5.74, 6) is 0. The molecule has 27 heavy (non-hydrogen) atoms. The van der Waals surface area contributed by atoms with E-state index >= 15 is 0 Å². The average molecular weight is 376 g/mol. The van der Waals surface area contributed by atoms with Gasteiger partial charge in [-0.2, -0.15) is 13.2 Å². The zero-order valence-corrected chi connectivity index (χ0v) is 15.0. The summed E-state index contributed by atoms with van der Waals surface area (Å²) in [6.07, 6.45) is 0.553. The minimum Gasteiger partial charge on any atom is -0.383 e. The third kappa shape index (κ3) is 3.73. The number of piperidine rings is 2. The highest BCUT2D eigenvalue weighted by molar-refractivity contribution is 5.25. The number of benzene rings is 1. The Labute approximate surface area is 156 Å². The van der Waals surface area contributed by atoms with E-state index in [0.717, 1.165) is 44.1 Å². The Morgan fingerprint density at radius 2 is 1.74 bits per heavy atom. The van der Waals surface area contributed by atoms with Crippen molar-refractivity contribution in [2.75, 3.05) is 0 Å². The lowest BCUT2D eigenvalue weighted by molar-refractivity contribution is -0.138. The molecule has 6 heteroatoms. The molecular formula is C21H23F3N2O. The highest BCUT2D eigenvalue weighted by Gasteiger charge is 2.47. The maximum atomic E-state index is 13.1. The van der Waals surface area contributed by atoms with Gasteiger partial charge in [0.25, 0.3) is 0 Å². The van der Waals surface area contributed by atoms with Crippen LogP contribution in [0.2, 0.25) is 0 Å². The molecule has 0 amide bonds. The van der Waals surface area contributed by atoms with Crippen molar-refractivity contribution in [2.45, 2.75) is 62.5 Å². The van der Waals surface area contributed by atoms with Crippen LogP contribution in [0, 0.1) is 0 Å². The fourth-order valence-corrected chi connectivity index (χ4v) is 4.64. The Morgan fingerprint density at radius 1 is 1.07 bits per heavy atom. The average Bonchev–Trinajstić information content (AvgIpc) is 2.63. The number of nitrogens with zero attached hydrogens (tertiary/aromatic N) is 2. The molecule has 1 N–H and O–H groups in total. The topological polar surface area (TPSA) is 36.4 Å². The van der Waals surface area contributed by atoms with E-state index in [1.54, 1.807) is 0 Å². The third-order valence-electron chi connectivity index (χ3n) is 5.93. The van der Waals surface area contributed by atoms with Crippen LogP contribution in [0.25, 0.3) is 0 Å². The normalized spacial score (nSPS) is 28.9. The van der Waals surface area contributed by atoms with Crippen molar-refractivity contribution in [3.63, 3.8) is 0 Å². The number of halogens is 3. The maximum Gasteiger partial charge on any atom is 0.416 e. The van der Waals surface area contributed by atoms with Crippen LogP contribution < -0.4 is 0 Å². The number of aromatic nitrogens is 1. The zero-order valence-electron chi connectivity index (χ0n) is 15.0. The summed E-state index contributed by atoms with van der Waals surface area (Å²) in [7, 11) is 0. The van der Waals surface area contributed by atoms with E-state index in [-0.39, 0.29) is 17.8 Å². The van der Waals surface area contributed by atoms with Crippen molar-refractivity contribution in [3.05, 3.63) is 65.5 Å². The van der Waals surface area contributed by atoms with Crippen LogP contribution >= 0.6 is 0 Å². The van der Waals surface area contributed by atoms with Gasteiger partial charge in [-0.1, -0.05) is 36.8 Å². The summed E-state index contributed by atoms with van der Waals surface area (Å²) in [5.41, 5.74) is -0.687. The molecule has 2 aliphatic heterocycles. The lowest BCUT2D eigenvalue weighted by Crippen LogP contribution is -2.56. The molecule has 4 rings (SSSR count). The van der Waals surface area contributed by atoms with Gasteiger partial charge in [-0.25, -0.2) is 0 Å². The van der Waals surface area contributed by atoms with Crippen molar-refractivity contribution >= 4 is 0 Å². The number of hydrogen-bond acceptors (Lipinski definition) is 3. The summed E-state index contributed by atoms with van der Waals surface area (Å²) in [6, 6.07) is 12.5. The molecule has 2 bridgehead atoms. The second kappa shape index (κ2) is 6.91. The molecule has 0 spiro atoms. The largest absolute Gasteiger partial charge is 0.416 e. The molecule has 0 aliphatic carbocycles. The van der Waals surface area contributed by atoms with Gasteiger partial charge in [-0.15, -0.1) is 0 Å². The van der Waals surface area contributed by atoms with E-state index in [2.05, 4.69) is 22.0 Å². The molecule has 1 aromatic heterocycles. The minimum atomic E-state index is -4.43. The van der Waals surface area contributed by atoms with Crippen LogP contribution in [0.4, 0.5) is 13.2 Å². The smallest absolute Gasteiger partial charge is 0.383 e. The van der Waals surface area contributed by atoms with E-state index in [1.165, 1.54) is 5.56 Å². The van der Waals surface area contributed by atoms with E-state index in [1.807, 2.05) is 18.2 Å². The summed E-state index contributed by atoms with van der Waals surface area (Å²) in [6.45, 7) is 0.808. The van der Waals surface area contributed by atoms with Crippen LogP contribution in [-0.4, -0.2) is 27.1 Å². The molecule has 2 aromatic rings. The van der Waals surface area contributed by atoms with Gasteiger partial charge in [0.05, 0.1) is 11.3 Å². The maximum absolute atomic E-state index is 13.1. The van der Waals surface area contributed by atoms with Crippen molar-refractivity contribution in [1.82, 2.24) is 9.88 Å². The third-order valence-corrected chi connectivity index (χ3v) is 5.93. The Hall–Kier alpha value is -1.92. The second-order valence-electron chi connectivity index (χ2n) is 7.76. The first-order chi connectivity index (χ1) is 12.9. The standard InChI is InChI=1S/C21H23F3N2O/c22-21(23,24)16-9-10-25-19(11-16)20(27)12-17-7-4-8-18(13-20)26(17)14-15-5-2-1-3-6-15/h1-3,5-6,9-11,17-18,27H,4,7-8,12-14H2. The minimum absolute atomic E-state index is 0.147. The Balaban J connectivity index is 1.59. The highest BCUT2D eigenvalue weighted by Crippen LogP contribution is 2.45. The number of rotatable bonds is 3. The Bertz CT molecular complexity index is 780. The van der Waals surface area contributed by atoms with Crippen molar-refractivity contribution in [2.24, 2.45) is 0 Å². The summed E-state index contributed by atoms with van der Waals surface area (Å²) in [4.78, 5) is 6.53. The van der Waals surface area contributed by atoms with Gasteiger partial charge in [0.1, 0.15) is 5.60 Å². The monoisotopic (exact) mass is 376 g/mol. The number of alkyl halides is 3. The first-order valence-electron chi connectivity index (χ1n) is 9.41. The summed E-state index contributed by atoms with van der Waals surface area (Å²) < 4.78 is 39.2. The first-order valence-corrected chi connectivity index (χ1v) is 9.41. The van der Waals surface area contributed by atoms with E-state index < -0.39 is 17.3 Å². The zero-order chi connectivity index (χ0) is 19.1. The summed E-state index contributed by atoms with van der Waals surface area (Å²) in [5, 5.41) is 11.3. The number of aliphatic hydroxyl groups is 1. The molecule has 0 radical (unpaired) electrons. The summed E-state index contributed by atoms with van der Waals surface area (Å²) >= 11 is 0. The van der Waals surface area contributed by atoms with Crippen molar-refractivity contribution < 1.29 is 18.3 Å². The molecule has 2 saturated heterocycles. The first kappa shape index (κ1) is 18.4. The molecule has 3 heterocycles. The fourth-order valence-electron chi connectivity index (χ4n) is 4.64. The van der Waals surface area contributed by atoms with Crippen LogP contribution in [0.5, 0.6) is 0 Å². The highest BCUT2D eigenvalue weighted by atomic mass is 19.4. The number of pyridine rings is 1. The van der Waals surface area contributed by atoms with E-state index in [4.69, 9.17) is 0 Å². The van der Waals surface area contributed by atoms with Crippen molar-refractivity contribution in [1.29, 1.82) is 0 Å². The lowest BCUT2D eigenvalue weighted by Gasteiger charge is -2.52. The van der Waals surface area contributed by atoms with Crippen LogP contribution in [0.15, 0.2) is 48.7 Å². The second-order valence-corrected chi connectivity index (χ2v) is 7.76. The Morgan fingerprint density at radius 3 is 2.37 bits per heavy atom. The van der Waals surface area contributed by atoms with Crippen LogP contribution in [0.1, 0.15) is 48.9 Å². The SMILES string of the molecule is OC1(c2cc(C(F)(F)F)ccn2)CC2CCCC(C1)N2Cc1ccccc1. The van der Waals surface area contributed by atoms with Crippen LogP contribution in [0.3, 0.4) is 0 Å². The molecule has 2 fully saturated rings. The van der Waals surface area contributed by atoms with Gasteiger partial charge in [0, 0.05) is 24.8 Å². The van der Waals surface area contributed by atoms with Gasteiger partial charge >= 0.3 is 6.18 Å². The van der Waals surface area contributed by atoms with Gasteiger partial charge in [0.2, 0.25) is 0 Å². The molecule has 2 aliphatic rings. The van der Waals surface area contributed by atoms with Gasteiger partial charge < -0.3 is 5.11 Å². The number of fused-ring (bicyclic) bond motifs is 2. The molecular weight excluding hydrogens is 353 g/mol. The molecule has 2 unspecified atom stereocenters. The lowest BCUT2D eigenvalue weighted by atomic mass is 9.73. The molecule has 144 valence electrons. The Kier molecular flexibility index (Phi) is 4.72. The van der Waals surface area contributed by atoms with Gasteiger partial charge in [-0.05, 0) is 43.4 Å². The number of hydrogen-bond donors (Lipinski definition) is 1. The predicted molar refractivity (Wildman–Crippen MR) is 95.8 cm³/mol.